The smallest absolute Gasteiger partial charge is 0.0752 e. The molecule has 0 spiro atoms. The molecule has 0 aliphatic carbocycles. The molecule has 0 aliphatic heterocycles. The molecule has 2 rings (SSSR count). The summed E-state index contributed by atoms with van der Waals surface area (Å²) in [4.78, 5) is 1.32. The first-order chi connectivity index (χ1) is 9.04. The van der Waals surface area contributed by atoms with E-state index in [2.05, 4.69) is 64.8 Å². The lowest BCUT2D eigenvalue weighted by molar-refractivity contribution is 0.551. The van der Waals surface area contributed by atoms with Crippen molar-refractivity contribution in [2.45, 2.75) is 33.9 Å². The van der Waals surface area contributed by atoms with E-state index in [1.54, 1.807) is 11.3 Å². The number of hydrogen-bond acceptors (Lipinski definition) is 3. The molecule has 0 aromatic carbocycles. The first-order valence-corrected chi connectivity index (χ1v) is 8.18. The second-order valence-corrected chi connectivity index (χ2v) is 7.10. The quantitative estimate of drug-likeness (QED) is 0.865. The molecule has 0 fully saturated rings. The lowest BCUT2D eigenvalue weighted by Gasteiger charge is -2.05. The number of nitrogens with one attached hydrogen (secondary N) is 1. The summed E-state index contributed by atoms with van der Waals surface area (Å²) in [5.74, 6) is 0.679. The Labute approximate surface area is 127 Å². The van der Waals surface area contributed by atoms with Crippen LogP contribution in [0, 0.1) is 12.8 Å². The van der Waals surface area contributed by atoms with Gasteiger partial charge in [0.1, 0.15) is 0 Å². The third-order valence-corrected chi connectivity index (χ3v) is 4.54. The van der Waals surface area contributed by atoms with Crippen molar-refractivity contribution in [3.63, 3.8) is 0 Å². The third kappa shape index (κ3) is 4.44. The summed E-state index contributed by atoms with van der Waals surface area (Å²) >= 11 is 5.24. The summed E-state index contributed by atoms with van der Waals surface area (Å²) < 4.78 is 3.18. The molecule has 0 saturated heterocycles. The van der Waals surface area contributed by atoms with Crippen LogP contribution in [-0.2, 0) is 13.1 Å². The average Bonchev–Trinajstić information content (AvgIpc) is 2.86. The minimum absolute atomic E-state index is 0.679. The summed E-state index contributed by atoms with van der Waals surface area (Å²) in [7, 11) is 0. The predicted molar refractivity (Wildman–Crippen MR) is 84.6 cm³/mol. The van der Waals surface area contributed by atoms with Crippen molar-refractivity contribution < 1.29 is 0 Å². The molecule has 0 unspecified atom stereocenters. The molecule has 2 heterocycles. The predicted octanol–water partition coefficient (Wildman–Crippen LogP) is 3.81. The Morgan fingerprint density at radius 1 is 1.47 bits per heavy atom. The van der Waals surface area contributed by atoms with Gasteiger partial charge in [-0.1, -0.05) is 13.8 Å². The number of halogens is 1. The Kier molecular flexibility index (Phi) is 5.19. The standard InChI is InChI=1S/C14H20BrN3S/c1-10(2)5-16-6-12-7-18(17-11(12)3)8-14-4-13(15)9-19-14/h4,7,9-10,16H,5-6,8H2,1-3H3. The summed E-state index contributed by atoms with van der Waals surface area (Å²) in [5.41, 5.74) is 2.41. The minimum Gasteiger partial charge on any atom is -0.312 e. The zero-order chi connectivity index (χ0) is 13.8. The lowest BCUT2D eigenvalue weighted by Crippen LogP contribution is -2.19. The number of aromatic nitrogens is 2. The molecule has 1 N–H and O–H groups in total. The first-order valence-electron chi connectivity index (χ1n) is 6.51. The number of nitrogens with zero attached hydrogens (tertiary/aromatic N) is 2. The highest BCUT2D eigenvalue weighted by atomic mass is 79.9. The molecule has 0 bridgehead atoms. The number of hydrogen-bond donors (Lipinski definition) is 1. The lowest BCUT2D eigenvalue weighted by atomic mass is 10.2. The maximum atomic E-state index is 4.58. The zero-order valence-electron chi connectivity index (χ0n) is 11.6. The average molecular weight is 342 g/mol. The second-order valence-electron chi connectivity index (χ2n) is 5.19. The van der Waals surface area contributed by atoms with Gasteiger partial charge in [-0.3, -0.25) is 4.68 Å². The van der Waals surface area contributed by atoms with Gasteiger partial charge in [-0.05, 0) is 41.4 Å². The van der Waals surface area contributed by atoms with Gasteiger partial charge in [0, 0.05) is 33.0 Å². The number of rotatable bonds is 6. The van der Waals surface area contributed by atoms with Crippen LogP contribution >= 0.6 is 27.3 Å². The van der Waals surface area contributed by atoms with Crippen molar-refractivity contribution in [3.05, 3.63) is 38.3 Å². The molecular formula is C14H20BrN3S. The number of thiophene rings is 1. The van der Waals surface area contributed by atoms with Crippen LogP contribution in [0.4, 0.5) is 0 Å². The largest absolute Gasteiger partial charge is 0.312 e. The first kappa shape index (κ1) is 14.8. The molecule has 0 saturated carbocycles. The van der Waals surface area contributed by atoms with Gasteiger partial charge < -0.3 is 5.32 Å². The van der Waals surface area contributed by atoms with Crippen molar-refractivity contribution in [2.75, 3.05) is 6.54 Å². The Morgan fingerprint density at radius 2 is 2.26 bits per heavy atom. The van der Waals surface area contributed by atoms with E-state index in [1.165, 1.54) is 10.4 Å². The van der Waals surface area contributed by atoms with E-state index in [9.17, 15) is 0 Å². The van der Waals surface area contributed by atoms with E-state index in [4.69, 9.17) is 0 Å². The normalized spacial score (nSPS) is 11.4. The Bertz CT molecular complexity index is 531. The molecule has 2 aromatic heterocycles. The summed E-state index contributed by atoms with van der Waals surface area (Å²) in [5, 5.41) is 10.2. The van der Waals surface area contributed by atoms with Crippen molar-refractivity contribution in [2.24, 2.45) is 5.92 Å². The van der Waals surface area contributed by atoms with Crippen LogP contribution in [0.25, 0.3) is 0 Å². The van der Waals surface area contributed by atoms with Crippen molar-refractivity contribution in [1.82, 2.24) is 15.1 Å². The summed E-state index contributed by atoms with van der Waals surface area (Å²) in [6, 6.07) is 2.15. The van der Waals surface area contributed by atoms with Gasteiger partial charge in [-0.2, -0.15) is 5.10 Å². The monoisotopic (exact) mass is 341 g/mol. The van der Waals surface area contributed by atoms with Gasteiger partial charge >= 0.3 is 0 Å². The van der Waals surface area contributed by atoms with Crippen LogP contribution in [0.5, 0.6) is 0 Å². The van der Waals surface area contributed by atoms with Crippen LogP contribution in [0.15, 0.2) is 22.1 Å². The molecular weight excluding hydrogens is 322 g/mol. The fraction of sp³-hybridized carbons (Fsp3) is 0.500. The molecule has 2 aromatic rings. The van der Waals surface area contributed by atoms with Gasteiger partial charge in [0.25, 0.3) is 0 Å². The van der Waals surface area contributed by atoms with Gasteiger partial charge in [0.2, 0.25) is 0 Å². The van der Waals surface area contributed by atoms with E-state index < -0.39 is 0 Å². The van der Waals surface area contributed by atoms with Crippen LogP contribution in [-0.4, -0.2) is 16.3 Å². The van der Waals surface area contributed by atoms with E-state index in [0.29, 0.717) is 5.92 Å². The fourth-order valence-corrected chi connectivity index (χ4v) is 3.35. The molecule has 0 aliphatic rings. The highest BCUT2D eigenvalue weighted by molar-refractivity contribution is 9.10. The summed E-state index contributed by atoms with van der Waals surface area (Å²) in [6.45, 7) is 9.31. The van der Waals surface area contributed by atoms with E-state index >= 15 is 0 Å². The van der Waals surface area contributed by atoms with Gasteiger partial charge in [0.15, 0.2) is 0 Å². The van der Waals surface area contributed by atoms with Gasteiger partial charge in [-0.15, -0.1) is 11.3 Å². The molecule has 0 radical (unpaired) electrons. The molecule has 5 heteroatoms. The van der Waals surface area contributed by atoms with Gasteiger partial charge in [0.05, 0.1) is 12.2 Å². The van der Waals surface area contributed by atoms with Gasteiger partial charge in [-0.25, -0.2) is 0 Å². The molecule has 0 amide bonds. The van der Waals surface area contributed by atoms with Crippen molar-refractivity contribution >= 4 is 27.3 Å². The fourth-order valence-electron chi connectivity index (χ4n) is 1.91. The zero-order valence-corrected chi connectivity index (χ0v) is 14.0. The molecule has 3 nitrogen and oxygen atoms in total. The Balaban J connectivity index is 1.96. The topological polar surface area (TPSA) is 29.9 Å². The Hall–Kier alpha value is -0.650. The molecule has 0 atom stereocenters. The SMILES string of the molecule is Cc1nn(Cc2cc(Br)cs2)cc1CNCC(C)C. The van der Waals surface area contributed by atoms with Crippen molar-refractivity contribution in [1.29, 1.82) is 0 Å². The van der Waals surface area contributed by atoms with E-state index in [1.807, 2.05) is 4.68 Å². The molecule has 19 heavy (non-hydrogen) atoms. The van der Waals surface area contributed by atoms with Crippen LogP contribution in [0.2, 0.25) is 0 Å². The highest BCUT2D eigenvalue weighted by Crippen LogP contribution is 2.20. The van der Waals surface area contributed by atoms with E-state index in [0.717, 1.165) is 29.8 Å². The highest BCUT2D eigenvalue weighted by Gasteiger charge is 2.06. The number of aryl methyl sites for hydroxylation is 1. The van der Waals surface area contributed by atoms with Crippen LogP contribution in [0.3, 0.4) is 0 Å². The maximum Gasteiger partial charge on any atom is 0.0752 e. The van der Waals surface area contributed by atoms with E-state index in [-0.39, 0.29) is 0 Å². The van der Waals surface area contributed by atoms with Crippen molar-refractivity contribution in [3.8, 4) is 0 Å². The van der Waals surface area contributed by atoms with Crippen LogP contribution in [0.1, 0.15) is 30.0 Å². The maximum absolute atomic E-state index is 4.58. The minimum atomic E-state index is 0.679. The Morgan fingerprint density at radius 3 is 2.89 bits per heavy atom. The molecule has 104 valence electrons. The summed E-state index contributed by atoms with van der Waals surface area (Å²) in [6.07, 6.45) is 2.15. The third-order valence-electron chi connectivity index (χ3n) is 2.86. The second kappa shape index (κ2) is 6.68. The van der Waals surface area contributed by atoms with Crippen LogP contribution < -0.4 is 5.32 Å².